The molecule has 2 bridgehead atoms. The monoisotopic (exact) mass is 214 g/mol. The summed E-state index contributed by atoms with van der Waals surface area (Å²) in [5, 5.41) is 4.76. The zero-order valence-corrected chi connectivity index (χ0v) is 9.29. The van der Waals surface area contributed by atoms with Crippen LogP contribution in [-0.2, 0) is 4.84 Å². The van der Waals surface area contributed by atoms with Gasteiger partial charge in [0.2, 0.25) is 0 Å². The van der Waals surface area contributed by atoms with Gasteiger partial charge in [0.25, 0.3) is 0 Å². The average molecular weight is 215 g/mol. The van der Waals surface area contributed by atoms with Crippen molar-refractivity contribution in [2.75, 3.05) is 14.2 Å². The van der Waals surface area contributed by atoms with Crippen LogP contribution in [0.1, 0.15) is 19.3 Å². The Morgan fingerprint density at radius 3 is 3.07 bits per heavy atom. The van der Waals surface area contributed by atoms with Gasteiger partial charge >= 0.3 is 0 Å². The largest absolute Gasteiger partial charge is 0.399 e. The van der Waals surface area contributed by atoms with Crippen LogP contribution < -0.4 is 0 Å². The molecule has 0 saturated carbocycles. The van der Waals surface area contributed by atoms with Crippen LogP contribution in [0.2, 0.25) is 0 Å². The van der Waals surface area contributed by atoms with Crippen LogP contribution in [0, 0.1) is 0 Å². The van der Waals surface area contributed by atoms with Crippen molar-refractivity contribution in [2.45, 2.75) is 31.3 Å². The van der Waals surface area contributed by atoms with Crippen molar-refractivity contribution >= 4 is 17.8 Å². The summed E-state index contributed by atoms with van der Waals surface area (Å²) in [7, 11) is 3.71. The van der Waals surface area contributed by atoms with E-state index in [1.807, 2.05) is 0 Å². The van der Waals surface area contributed by atoms with Crippen molar-refractivity contribution in [3.8, 4) is 0 Å². The minimum absolute atomic E-state index is 0.445. The molecule has 2 unspecified atom stereocenters. The third-order valence-electron chi connectivity index (χ3n) is 3.23. The SMILES string of the molecule is CON=CC1=C(Cl)CC2CCC1N2C. The molecule has 0 aliphatic carbocycles. The Kier molecular flexibility index (Phi) is 2.79. The van der Waals surface area contributed by atoms with Crippen LogP contribution in [0.5, 0.6) is 0 Å². The molecule has 0 radical (unpaired) electrons. The van der Waals surface area contributed by atoms with E-state index in [4.69, 9.17) is 16.4 Å². The van der Waals surface area contributed by atoms with E-state index in [9.17, 15) is 0 Å². The smallest absolute Gasteiger partial charge is 0.106 e. The van der Waals surface area contributed by atoms with Gasteiger partial charge in [-0.15, -0.1) is 0 Å². The minimum Gasteiger partial charge on any atom is -0.399 e. The lowest BCUT2D eigenvalue weighted by Crippen LogP contribution is -2.37. The fourth-order valence-corrected chi connectivity index (χ4v) is 2.76. The van der Waals surface area contributed by atoms with Crippen molar-refractivity contribution < 1.29 is 4.84 Å². The molecule has 0 amide bonds. The number of fused-ring (bicyclic) bond motifs is 2. The van der Waals surface area contributed by atoms with Crippen LogP contribution in [-0.4, -0.2) is 37.4 Å². The molecule has 0 aromatic rings. The van der Waals surface area contributed by atoms with Gasteiger partial charge < -0.3 is 4.84 Å². The fraction of sp³-hybridized carbons (Fsp3) is 0.700. The van der Waals surface area contributed by atoms with Crippen LogP contribution in [0.4, 0.5) is 0 Å². The third-order valence-corrected chi connectivity index (χ3v) is 3.60. The summed E-state index contributed by atoms with van der Waals surface area (Å²) in [6, 6.07) is 1.08. The van der Waals surface area contributed by atoms with Gasteiger partial charge in [-0.2, -0.15) is 0 Å². The molecule has 2 aliphatic heterocycles. The predicted octanol–water partition coefficient (Wildman–Crippen LogP) is 1.98. The van der Waals surface area contributed by atoms with Crippen molar-refractivity contribution in [2.24, 2.45) is 5.16 Å². The maximum atomic E-state index is 6.22. The van der Waals surface area contributed by atoms with Gasteiger partial charge in [-0.3, -0.25) is 4.90 Å². The quantitative estimate of drug-likeness (QED) is 0.519. The molecule has 78 valence electrons. The van der Waals surface area contributed by atoms with Gasteiger partial charge in [0.15, 0.2) is 0 Å². The first-order valence-electron chi connectivity index (χ1n) is 4.91. The van der Waals surface area contributed by atoms with Gasteiger partial charge in [-0.25, -0.2) is 0 Å². The molecular formula is C10H15ClN2O. The van der Waals surface area contributed by atoms with E-state index in [-0.39, 0.29) is 0 Å². The maximum Gasteiger partial charge on any atom is 0.106 e. The lowest BCUT2D eigenvalue weighted by molar-refractivity contribution is 0.213. The van der Waals surface area contributed by atoms with Crippen LogP contribution in [0.25, 0.3) is 0 Å². The second kappa shape index (κ2) is 3.91. The maximum absolute atomic E-state index is 6.22. The van der Waals surface area contributed by atoms with Gasteiger partial charge in [0.05, 0.1) is 6.21 Å². The molecule has 1 fully saturated rings. The second-order valence-corrected chi connectivity index (χ2v) is 4.35. The lowest BCUT2D eigenvalue weighted by atomic mass is 10.0. The molecule has 14 heavy (non-hydrogen) atoms. The Labute approximate surface area is 89.3 Å². The topological polar surface area (TPSA) is 24.8 Å². The molecular weight excluding hydrogens is 200 g/mol. The average Bonchev–Trinajstić information content (AvgIpc) is 2.43. The summed E-state index contributed by atoms with van der Waals surface area (Å²) in [6.07, 6.45) is 5.13. The molecule has 0 spiro atoms. The van der Waals surface area contributed by atoms with Crippen molar-refractivity contribution in [3.63, 3.8) is 0 Å². The van der Waals surface area contributed by atoms with Crippen molar-refractivity contribution in [1.29, 1.82) is 0 Å². The normalized spacial score (nSPS) is 33.1. The molecule has 0 N–H and O–H groups in total. The molecule has 1 saturated heterocycles. The molecule has 2 atom stereocenters. The van der Waals surface area contributed by atoms with Gasteiger partial charge in [0.1, 0.15) is 7.11 Å². The van der Waals surface area contributed by atoms with Gasteiger partial charge in [0, 0.05) is 22.7 Å². The molecule has 3 nitrogen and oxygen atoms in total. The number of rotatable bonds is 2. The third kappa shape index (κ3) is 1.55. The van der Waals surface area contributed by atoms with E-state index >= 15 is 0 Å². The summed E-state index contributed by atoms with van der Waals surface area (Å²) < 4.78 is 0. The molecule has 0 aromatic carbocycles. The standard InChI is InChI=1S/C10H15ClN2O/c1-13-7-3-4-10(13)8(6-12-14-2)9(11)5-7/h6-7,10H,3-5H2,1-2H3. The first-order chi connectivity index (χ1) is 6.74. The van der Waals surface area contributed by atoms with Crippen LogP contribution >= 0.6 is 11.6 Å². The van der Waals surface area contributed by atoms with E-state index in [0.717, 1.165) is 17.0 Å². The zero-order valence-electron chi connectivity index (χ0n) is 8.53. The zero-order chi connectivity index (χ0) is 10.1. The van der Waals surface area contributed by atoms with E-state index in [1.165, 1.54) is 12.8 Å². The Morgan fingerprint density at radius 2 is 2.36 bits per heavy atom. The van der Waals surface area contributed by atoms with E-state index in [1.54, 1.807) is 13.3 Å². The number of nitrogens with zero attached hydrogens (tertiary/aromatic N) is 2. The van der Waals surface area contributed by atoms with Gasteiger partial charge in [-0.1, -0.05) is 16.8 Å². The molecule has 4 heteroatoms. The highest BCUT2D eigenvalue weighted by molar-refractivity contribution is 6.31. The van der Waals surface area contributed by atoms with Crippen molar-refractivity contribution in [1.82, 2.24) is 4.90 Å². The van der Waals surface area contributed by atoms with Crippen LogP contribution in [0.3, 0.4) is 0 Å². The second-order valence-electron chi connectivity index (χ2n) is 3.89. The summed E-state index contributed by atoms with van der Waals surface area (Å²) in [5.74, 6) is 0. The fourth-order valence-electron chi connectivity index (χ4n) is 2.40. The Morgan fingerprint density at radius 1 is 1.57 bits per heavy atom. The lowest BCUT2D eigenvalue weighted by Gasteiger charge is -2.31. The van der Waals surface area contributed by atoms with Gasteiger partial charge in [-0.05, 0) is 26.3 Å². The number of hydrogen-bond acceptors (Lipinski definition) is 3. The van der Waals surface area contributed by atoms with E-state index < -0.39 is 0 Å². The molecule has 2 heterocycles. The first-order valence-corrected chi connectivity index (χ1v) is 5.29. The molecule has 0 aromatic heterocycles. The number of halogens is 1. The minimum atomic E-state index is 0.445. The first kappa shape index (κ1) is 9.99. The Hall–Kier alpha value is -0.540. The number of likely N-dealkylation sites (N-methyl/N-ethyl adjacent to an activating group) is 1. The summed E-state index contributed by atoms with van der Waals surface area (Å²) in [5.41, 5.74) is 1.13. The van der Waals surface area contributed by atoms with E-state index in [0.29, 0.717) is 12.1 Å². The van der Waals surface area contributed by atoms with E-state index in [2.05, 4.69) is 17.1 Å². The highest BCUT2D eigenvalue weighted by atomic mass is 35.5. The Balaban J connectivity index is 2.24. The summed E-state index contributed by atoms with van der Waals surface area (Å²) in [4.78, 5) is 7.08. The van der Waals surface area contributed by atoms with Crippen molar-refractivity contribution in [3.05, 3.63) is 10.6 Å². The molecule has 2 rings (SSSR count). The predicted molar refractivity (Wildman–Crippen MR) is 57.6 cm³/mol. The highest BCUT2D eigenvalue weighted by Crippen LogP contribution is 2.38. The summed E-state index contributed by atoms with van der Waals surface area (Å²) in [6.45, 7) is 0. The molecule has 2 aliphatic rings. The Bertz CT molecular complexity index is 288. The number of hydrogen-bond donors (Lipinski definition) is 0. The van der Waals surface area contributed by atoms with Crippen LogP contribution in [0.15, 0.2) is 15.8 Å². The highest BCUT2D eigenvalue weighted by Gasteiger charge is 2.37. The number of oxime groups is 1. The summed E-state index contributed by atoms with van der Waals surface area (Å²) >= 11 is 6.22.